The van der Waals surface area contributed by atoms with E-state index in [1.54, 1.807) is 0 Å². The Morgan fingerprint density at radius 3 is 1.94 bits per heavy atom. The van der Waals surface area contributed by atoms with E-state index in [4.69, 9.17) is 0 Å². The minimum atomic E-state index is -6.19. The first-order valence-electron chi connectivity index (χ1n) is 5.27. The van der Waals surface area contributed by atoms with E-state index in [9.17, 15) is 30.7 Å². The van der Waals surface area contributed by atoms with Crippen molar-refractivity contribution in [2.75, 3.05) is 6.61 Å². The van der Waals surface area contributed by atoms with Crippen molar-refractivity contribution in [3.63, 3.8) is 0 Å². The molecule has 8 heteroatoms. The van der Waals surface area contributed by atoms with Gasteiger partial charge >= 0.3 is 18.1 Å². The zero-order valence-electron chi connectivity index (χ0n) is 9.59. The van der Waals surface area contributed by atoms with Crippen molar-refractivity contribution >= 4 is 0 Å². The molecular weight excluding hydrogens is 269 g/mol. The molecule has 0 aromatic rings. The fourth-order valence-corrected chi connectivity index (χ4v) is 1.00. The van der Waals surface area contributed by atoms with Gasteiger partial charge in [-0.3, -0.25) is 0 Å². The van der Waals surface area contributed by atoms with E-state index in [1.165, 1.54) is 0 Å². The maximum atomic E-state index is 12.6. The quantitative estimate of drug-likeness (QED) is 0.367. The van der Waals surface area contributed by atoms with Crippen LogP contribution in [0.5, 0.6) is 0 Å². The Hall–Kier alpha value is -0.950. The molecule has 0 aliphatic rings. The van der Waals surface area contributed by atoms with Gasteiger partial charge in [0.05, 0.1) is 6.61 Å². The van der Waals surface area contributed by atoms with Gasteiger partial charge in [0.25, 0.3) is 5.83 Å². The molecule has 0 rings (SSSR count). The van der Waals surface area contributed by atoms with Crippen LogP contribution >= 0.6 is 0 Å². The highest BCUT2D eigenvalue weighted by molar-refractivity contribution is 5.08. The number of unbranched alkanes of at least 4 members (excludes halogenated alkanes) is 3. The van der Waals surface area contributed by atoms with E-state index >= 15 is 0 Å². The molecule has 0 saturated heterocycles. The summed E-state index contributed by atoms with van der Waals surface area (Å²) in [5, 5.41) is 0. The summed E-state index contributed by atoms with van der Waals surface area (Å²) < 4.78 is 88.8. The number of hydrogen-bond donors (Lipinski definition) is 0. The molecule has 0 atom stereocenters. The van der Waals surface area contributed by atoms with Crippen LogP contribution in [0, 0.1) is 0 Å². The Kier molecular flexibility index (Phi) is 6.48. The molecular formula is C10H13F7O. The summed E-state index contributed by atoms with van der Waals surface area (Å²) in [6.07, 6.45) is -3.75. The van der Waals surface area contributed by atoms with Gasteiger partial charge in [-0.1, -0.05) is 26.2 Å². The molecule has 0 bridgehead atoms. The Morgan fingerprint density at radius 2 is 1.50 bits per heavy atom. The van der Waals surface area contributed by atoms with Crippen molar-refractivity contribution in [1.82, 2.24) is 0 Å². The Morgan fingerprint density at radius 1 is 0.944 bits per heavy atom. The van der Waals surface area contributed by atoms with Gasteiger partial charge in [0.15, 0.2) is 0 Å². The van der Waals surface area contributed by atoms with Crippen LogP contribution in [-0.2, 0) is 4.74 Å². The van der Waals surface area contributed by atoms with Gasteiger partial charge in [0.1, 0.15) is 0 Å². The van der Waals surface area contributed by atoms with Crippen LogP contribution in [0.1, 0.15) is 32.6 Å². The number of alkyl halides is 5. The second-order valence-electron chi connectivity index (χ2n) is 3.57. The fraction of sp³-hybridized carbons (Fsp3) is 0.800. The first-order chi connectivity index (χ1) is 8.14. The molecule has 0 aliphatic carbocycles. The number of allylic oxidation sites excluding steroid dienone is 1. The molecule has 0 spiro atoms. The Bertz CT molecular complexity index is 282. The van der Waals surface area contributed by atoms with Gasteiger partial charge < -0.3 is 4.74 Å². The average molecular weight is 282 g/mol. The van der Waals surface area contributed by atoms with Gasteiger partial charge in [-0.05, 0) is 6.42 Å². The van der Waals surface area contributed by atoms with Gasteiger partial charge in [0, 0.05) is 0 Å². The van der Waals surface area contributed by atoms with E-state index in [0.717, 1.165) is 12.8 Å². The van der Waals surface area contributed by atoms with Crippen molar-refractivity contribution in [3.05, 3.63) is 11.8 Å². The monoisotopic (exact) mass is 282 g/mol. The standard InChI is InChI=1S/C10H13F7O/c1-2-3-4-5-6-18-8(12)7(11)9(13,14)10(15,16)17/h2-6H2,1H3. The summed E-state index contributed by atoms with van der Waals surface area (Å²) in [6.45, 7) is 1.43. The van der Waals surface area contributed by atoms with E-state index in [-0.39, 0.29) is 6.42 Å². The van der Waals surface area contributed by atoms with Crippen LogP contribution in [-0.4, -0.2) is 18.7 Å². The van der Waals surface area contributed by atoms with Crippen LogP contribution in [0.2, 0.25) is 0 Å². The van der Waals surface area contributed by atoms with Gasteiger partial charge in [0.2, 0.25) is 0 Å². The van der Waals surface area contributed by atoms with Crippen LogP contribution < -0.4 is 0 Å². The molecule has 18 heavy (non-hydrogen) atoms. The highest BCUT2D eigenvalue weighted by Crippen LogP contribution is 2.43. The molecule has 1 nitrogen and oxygen atoms in total. The largest absolute Gasteiger partial charge is 0.469 e. The smallest absolute Gasteiger partial charge is 0.460 e. The summed E-state index contributed by atoms with van der Waals surface area (Å²) in [7, 11) is 0. The lowest BCUT2D eigenvalue weighted by Gasteiger charge is -2.17. The maximum Gasteiger partial charge on any atom is 0.460 e. The summed E-state index contributed by atoms with van der Waals surface area (Å²) in [5.74, 6) is -9.12. The predicted molar refractivity (Wildman–Crippen MR) is 50.3 cm³/mol. The lowest BCUT2D eigenvalue weighted by molar-refractivity contribution is -0.272. The lowest BCUT2D eigenvalue weighted by atomic mass is 10.2. The second kappa shape index (κ2) is 6.84. The third-order valence-electron chi connectivity index (χ3n) is 2.03. The molecule has 0 unspecified atom stereocenters. The molecule has 0 amide bonds. The van der Waals surface area contributed by atoms with Crippen molar-refractivity contribution < 1.29 is 35.5 Å². The number of ether oxygens (including phenoxy) is 1. The number of halogens is 7. The van der Waals surface area contributed by atoms with E-state index in [2.05, 4.69) is 4.74 Å². The van der Waals surface area contributed by atoms with Crippen molar-refractivity contribution in [2.24, 2.45) is 0 Å². The van der Waals surface area contributed by atoms with Crippen molar-refractivity contribution in [1.29, 1.82) is 0 Å². The fourth-order valence-electron chi connectivity index (χ4n) is 1.00. The first-order valence-corrected chi connectivity index (χ1v) is 5.27. The third-order valence-corrected chi connectivity index (χ3v) is 2.03. The predicted octanol–water partition coefficient (Wildman–Crippen LogP) is 4.89. The molecule has 0 saturated carbocycles. The van der Waals surface area contributed by atoms with E-state index in [1.807, 2.05) is 6.92 Å². The Balaban J connectivity index is 4.43. The maximum absolute atomic E-state index is 12.6. The average Bonchev–Trinajstić information content (AvgIpc) is 2.25. The van der Waals surface area contributed by atoms with Gasteiger partial charge in [-0.15, -0.1) is 0 Å². The second-order valence-corrected chi connectivity index (χ2v) is 3.57. The molecule has 0 heterocycles. The summed E-state index contributed by atoms with van der Waals surface area (Å²) in [4.78, 5) is 0. The molecule has 0 fully saturated rings. The molecule has 108 valence electrons. The highest BCUT2D eigenvalue weighted by atomic mass is 19.4. The first kappa shape index (κ1) is 17.1. The normalized spacial score (nSPS) is 14.4. The summed E-state index contributed by atoms with van der Waals surface area (Å²) in [5.41, 5.74) is 0. The van der Waals surface area contributed by atoms with E-state index < -0.39 is 30.5 Å². The van der Waals surface area contributed by atoms with Crippen LogP contribution in [0.3, 0.4) is 0 Å². The van der Waals surface area contributed by atoms with Crippen molar-refractivity contribution in [3.8, 4) is 0 Å². The van der Waals surface area contributed by atoms with Crippen LogP contribution in [0.15, 0.2) is 11.8 Å². The minimum Gasteiger partial charge on any atom is -0.469 e. The number of rotatable bonds is 7. The number of hydrogen-bond acceptors (Lipinski definition) is 1. The molecule has 0 aliphatic heterocycles. The molecule has 0 radical (unpaired) electrons. The minimum absolute atomic E-state index is 0.242. The third kappa shape index (κ3) is 4.73. The van der Waals surface area contributed by atoms with Gasteiger partial charge in [-0.25, -0.2) is 0 Å². The van der Waals surface area contributed by atoms with Crippen LogP contribution in [0.25, 0.3) is 0 Å². The summed E-state index contributed by atoms with van der Waals surface area (Å²) in [6, 6.07) is -2.52. The lowest BCUT2D eigenvalue weighted by Crippen LogP contribution is -2.37. The molecule has 0 N–H and O–H groups in total. The zero-order valence-corrected chi connectivity index (χ0v) is 9.59. The Labute approximate surface area is 99.6 Å². The SMILES string of the molecule is CCCCCCOC(F)=C(F)C(F)(F)C(F)(F)F. The molecule has 0 aromatic carbocycles. The van der Waals surface area contributed by atoms with Crippen molar-refractivity contribution in [2.45, 2.75) is 44.7 Å². The topological polar surface area (TPSA) is 9.23 Å². The van der Waals surface area contributed by atoms with Crippen LogP contribution in [0.4, 0.5) is 30.7 Å². The van der Waals surface area contributed by atoms with E-state index in [0.29, 0.717) is 6.42 Å². The molecule has 0 aromatic heterocycles. The van der Waals surface area contributed by atoms with Gasteiger partial charge in [-0.2, -0.15) is 30.7 Å². The highest BCUT2D eigenvalue weighted by Gasteiger charge is 2.63. The summed E-state index contributed by atoms with van der Waals surface area (Å²) >= 11 is 0. The zero-order chi connectivity index (χ0) is 14.4.